The van der Waals surface area contributed by atoms with E-state index in [1.165, 1.54) is 14.2 Å². The summed E-state index contributed by atoms with van der Waals surface area (Å²) in [4.78, 5) is 24.7. The van der Waals surface area contributed by atoms with Crippen molar-refractivity contribution in [1.82, 2.24) is 0 Å². The minimum Gasteiger partial charge on any atom is -0.466 e. The average molecular weight is 350 g/mol. The molecule has 3 rings (SSSR count). The molecule has 1 unspecified atom stereocenters. The molecule has 0 fully saturated rings. The molecule has 0 aliphatic carbocycles. The van der Waals surface area contributed by atoms with E-state index in [0.717, 1.165) is 11.1 Å². The summed E-state index contributed by atoms with van der Waals surface area (Å²) >= 11 is 0. The van der Waals surface area contributed by atoms with E-state index in [1.54, 1.807) is 0 Å². The zero-order valence-corrected chi connectivity index (χ0v) is 14.5. The summed E-state index contributed by atoms with van der Waals surface area (Å²) in [6.07, 6.45) is 1.81. The molecule has 0 saturated carbocycles. The molecular weight excluding hydrogens is 332 g/mol. The molecule has 5 nitrogen and oxygen atoms in total. The molecule has 1 aliphatic rings. The lowest BCUT2D eigenvalue weighted by Crippen LogP contribution is -2.24. The molecule has 0 spiro atoms. The van der Waals surface area contributed by atoms with Crippen LogP contribution in [0.4, 0.5) is 0 Å². The number of hydrogen-bond acceptors (Lipinski definition) is 5. The van der Waals surface area contributed by atoms with Crippen LogP contribution in [0.3, 0.4) is 0 Å². The van der Waals surface area contributed by atoms with Crippen molar-refractivity contribution in [2.24, 2.45) is 0 Å². The minimum atomic E-state index is -0.729. The Bertz CT molecular complexity index is 866. The van der Waals surface area contributed by atoms with E-state index >= 15 is 0 Å². The van der Waals surface area contributed by atoms with E-state index in [9.17, 15) is 9.59 Å². The monoisotopic (exact) mass is 350 g/mol. The number of ether oxygens (including phenoxy) is 3. The van der Waals surface area contributed by atoms with Gasteiger partial charge in [-0.05, 0) is 11.6 Å². The third kappa shape index (κ3) is 3.37. The van der Waals surface area contributed by atoms with Gasteiger partial charge in [0.25, 0.3) is 0 Å². The van der Waals surface area contributed by atoms with Crippen molar-refractivity contribution in [2.75, 3.05) is 14.2 Å². The predicted octanol–water partition coefficient (Wildman–Crippen LogP) is 3.44. The molecule has 0 N–H and O–H groups in total. The molecule has 2 aromatic rings. The third-order valence-corrected chi connectivity index (χ3v) is 4.08. The van der Waals surface area contributed by atoms with Gasteiger partial charge in [0.1, 0.15) is 5.76 Å². The van der Waals surface area contributed by atoms with Gasteiger partial charge in [-0.2, -0.15) is 0 Å². The van der Waals surface area contributed by atoms with E-state index in [-0.39, 0.29) is 11.3 Å². The fourth-order valence-electron chi connectivity index (χ4n) is 2.83. The summed E-state index contributed by atoms with van der Waals surface area (Å²) in [5.41, 5.74) is 1.75. The standard InChI is InChI=1S/C21H18O5/c1-24-20(22)18-16(14-9-5-3-6-10-14)13-17(15-11-7-4-8-12-15)26-19(18)21(23)25-2/h3-13,16H,1-2H3. The normalized spacial score (nSPS) is 16.4. The van der Waals surface area contributed by atoms with E-state index < -0.39 is 17.9 Å². The highest BCUT2D eigenvalue weighted by atomic mass is 16.6. The van der Waals surface area contributed by atoms with Gasteiger partial charge in [0.2, 0.25) is 5.76 Å². The Balaban J connectivity index is 2.19. The molecule has 0 radical (unpaired) electrons. The first kappa shape index (κ1) is 17.5. The van der Waals surface area contributed by atoms with Gasteiger partial charge < -0.3 is 14.2 Å². The van der Waals surface area contributed by atoms with Crippen molar-refractivity contribution in [2.45, 2.75) is 5.92 Å². The predicted molar refractivity (Wildman–Crippen MR) is 95.7 cm³/mol. The Morgan fingerprint density at radius 2 is 1.42 bits per heavy atom. The molecule has 0 bridgehead atoms. The van der Waals surface area contributed by atoms with Crippen molar-refractivity contribution in [3.05, 3.63) is 89.2 Å². The van der Waals surface area contributed by atoms with Crippen LogP contribution in [-0.4, -0.2) is 26.2 Å². The van der Waals surface area contributed by atoms with E-state index in [2.05, 4.69) is 0 Å². The van der Waals surface area contributed by atoms with Crippen LogP contribution in [0.15, 0.2) is 78.1 Å². The van der Waals surface area contributed by atoms with Crippen LogP contribution in [0, 0.1) is 0 Å². The van der Waals surface area contributed by atoms with Crippen molar-refractivity contribution < 1.29 is 23.8 Å². The van der Waals surface area contributed by atoms with E-state index in [4.69, 9.17) is 14.2 Å². The first-order valence-corrected chi connectivity index (χ1v) is 8.06. The zero-order valence-electron chi connectivity index (χ0n) is 14.5. The SMILES string of the molecule is COC(=O)C1=C(C(=O)OC)C(c2ccccc2)C=C(c2ccccc2)O1. The van der Waals surface area contributed by atoms with Gasteiger partial charge in [-0.25, -0.2) is 9.59 Å². The number of hydrogen-bond donors (Lipinski definition) is 0. The lowest BCUT2D eigenvalue weighted by molar-refractivity contribution is -0.142. The summed E-state index contributed by atoms with van der Waals surface area (Å²) in [6, 6.07) is 18.7. The van der Waals surface area contributed by atoms with Gasteiger partial charge in [-0.3, -0.25) is 0 Å². The molecule has 1 atom stereocenters. The Hall–Kier alpha value is -3.34. The summed E-state index contributed by atoms with van der Waals surface area (Å²) in [7, 11) is 2.51. The van der Waals surface area contributed by atoms with Crippen LogP contribution < -0.4 is 0 Å². The van der Waals surface area contributed by atoms with Crippen LogP contribution >= 0.6 is 0 Å². The number of esters is 2. The molecule has 132 valence electrons. The second kappa shape index (κ2) is 7.70. The van der Waals surface area contributed by atoms with Gasteiger partial charge in [0.15, 0.2) is 0 Å². The second-order valence-corrected chi connectivity index (χ2v) is 5.61. The van der Waals surface area contributed by atoms with Crippen LogP contribution in [0.5, 0.6) is 0 Å². The van der Waals surface area contributed by atoms with Crippen LogP contribution in [0.25, 0.3) is 5.76 Å². The first-order chi connectivity index (χ1) is 12.7. The zero-order chi connectivity index (χ0) is 18.5. The Kier molecular flexibility index (Phi) is 5.17. The fraction of sp³-hybridized carbons (Fsp3) is 0.143. The maximum absolute atomic E-state index is 12.4. The number of carbonyl (C=O) groups excluding carboxylic acids is 2. The third-order valence-electron chi connectivity index (χ3n) is 4.08. The summed E-state index contributed by atoms with van der Waals surface area (Å²) in [5, 5.41) is 0. The molecule has 0 aromatic heterocycles. The van der Waals surface area contributed by atoms with Crippen molar-refractivity contribution in [1.29, 1.82) is 0 Å². The molecule has 5 heteroatoms. The highest BCUT2D eigenvalue weighted by Crippen LogP contribution is 2.38. The number of allylic oxidation sites excluding steroid dienone is 1. The van der Waals surface area contributed by atoms with Crippen LogP contribution in [0.1, 0.15) is 17.0 Å². The van der Waals surface area contributed by atoms with Gasteiger partial charge >= 0.3 is 11.9 Å². The van der Waals surface area contributed by atoms with Crippen molar-refractivity contribution >= 4 is 17.7 Å². The van der Waals surface area contributed by atoms with Gasteiger partial charge in [0.05, 0.1) is 19.8 Å². The second-order valence-electron chi connectivity index (χ2n) is 5.61. The lowest BCUT2D eigenvalue weighted by Gasteiger charge is -2.26. The molecular formula is C21H18O5. The van der Waals surface area contributed by atoms with E-state index in [1.807, 2.05) is 66.7 Å². The molecule has 2 aromatic carbocycles. The highest BCUT2D eigenvalue weighted by molar-refractivity contribution is 6.02. The number of methoxy groups -OCH3 is 2. The minimum absolute atomic E-state index is 0.116. The molecule has 26 heavy (non-hydrogen) atoms. The Morgan fingerprint density at radius 3 is 2.00 bits per heavy atom. The Labute approximate surface area is 151 Å². The van der Waals surface area contributed by atoms with Crippen LogP contribution in [0.2, 0.25) is 0 Å². The molecule has 0 amide bonds. The molecule has 1 aliphatic heterocycles. The van der Waals surface area contributed by atoms with E-state index in [0.29, 0.717) is 5.76 Å². The first-order valence-electron chi connectivity index (χ1n) is 8.06. The molecule has 0 saturated heterocycles. The summed E-state index contributed by atoms with van der Waals surface area (Å²) in [5.74, 6) is -1.54. The highest BCUT2D eigenvalue weighted by Gasteiger charge is 2.36. The summed E-state index contributed by atoms with van der Waals surface area (Å²) < 4.78 is 15.5. The Morgan fingerprint density at radius 1 is 0.846 bits per heavy atom. The van der Waals surface area contributed by atoms with Gasteiger partial charge in [-0.1, -0.05) is 60.7 Å². The number of benzene rings is 2. The smallest absolute Gasteiger partial charge is 0.374 e. The lowest BCUT2D eigenvalue weighted by atomic mass is 9.87. The van der Waals surface area contributed by atoms with Crippen molar-refractivity contribution in [3.63, 3.8) is 0 Å². The number of carbonyl (C=O) groups is 2. The maximum Gasteiger partial charge on any atom is 0.374 e. The molecule has 1 heterocycles. The van der Waals surface area contributed by atoms with Crippen molar-refractivity contribution in [3.8, 4) is 0 Å². The summed E-state index contributed by atoms with van der Waals surface area (Å²) in [6.45, 7) is 0. The number of rotatable bonds is 4. The fourth-order valence-corrected chi connectivity index (χ4v) is 2.83. The van der Waals surface area contributed by atoms with Crippen LogP contribution in [-0.2, 0) is 23.8 Å². The topological polar surface area (TPSA) is 61.8 Å². The van der Waals surface area contributed by atoms with Gasteiger partial charge in [0, 0.05) is 11.5 Å². The quantitative estimate of drug-likeness (QED) is 0.791. The van der Waals surface area contributed by atoms with Gasteiger partial charge in [-0.15, -0.1) is 0 Å². The maximum atomic E-state index is 12.4. The largest absolute Gasteiger partial charge is 0.466 e. The average Bonchev–Trinajstić information content (AvgIpc) is 2.72.